The average molecular weight is 200 g/mol. The van der Waals surface area contributed by atoms with Gasteiger partial charge in [0.15, 0.2) is 0 Å². The molecule has 3 nitrogen and oxygen atoms in total. The SMILES string of the molecule is [CH]C(C)CC(O)CCCCNCCN. The van der Waals surface area contributed by atoms with E-state index in [0.29, 0.717) is 13.0 Å². The van der Waals surface area contributed by atoms with Crippen LogP contribution in [-0.2, 0) is 0 Å². The van der Waals surface area contributed by atoms with Gasteiger partial charge in [0.1, 0.15) is 0 Å². The van der Waals surface area contributed by atoms with Crippen LogP contribution in [0.4, 0.5) is 0 Å². The van der Waals surface area contributed by atoms with E-state index in [2.05, 4.69) is 5.32 Å². The van der Waals surface area contributed by atoms with Gasteiger partial charge in [0, 0.05) is 13.1 Å². The van der Waals surface area contributed by atoms with E-state index in [0.717, 1.165) is 32.4 Å². The lowest BCUT2D eigenvalue weighted by molar-refractivity contribution is 0.140. The fourth-order valence-electron chi connectivity index (χ4n) is 1.40. The molecule has 0 rings (SSSR count). The predicted octanol–water partition coefficient (Wildman–Crippen LogP) is 0.803. The third-order valence-corrected chi connectivity index (χ3v) is 2.11. The molecule has 3 heteroatoms. The van der Waals surface area contributed by atoms with Crippen molar-refractivity contribution in [3.8, 4) is 0 Å². The van der Waals surface area contributed by atoms with Crippen molar-refractivity contribution >= 4 is 0 Å². The van der Waals surface area contributed by atoms with E-state index in [1.807, 2.05) is 6.92 Å². The first-order chi connectivity index (χ1) is 6.66. The Balaban J connectivity index is 3.10. The molecule has 0 aliphatic carbocycles. The van der Waals surface area contributed by atoms with Crippen molar-refractivity contribution in [2.45, 2.75) is 38.7 Å². The van der Waals surface area contributed by atoms with Gasteiger partial charge >= 0.3 is 0 Å². The highest BCUT2D eigenvalue weighted by Crippen LogP contribution is 2.09. The minimum atomic E-state index is -0.232. The molecule has 0 aromatic heterocycles. The zero-order valence-electron chi connectivity index (χ0n) is 9.21. The maximum absolute atomic E-state index is 9.50. The van der Waals surface area contributed by atoms with Crippen LogP contribution < -0.4 is 11.1 Å². The first-order valence-corrected chi connectivity index (χ1v) is 5.51. The van der Waals surface area contributed by atoms with Crippen LogP contribution in [0.2, 0.25) is 0 Å². The molecule has 0 aromatic carbocycles. The molecule has 2 unspecified atom stereocenters. The topological polar surface area (TPSA) is 58.3 Å². The van der Waals surface area contributed by atoms with Crippen molar-refractivity contribution in [3.05, 3.63) is 6.92 Å². The first-order valence-electron chi connectivity index (χ1n) is 5.51. The summed E-state index contributed by atoms with van der Waals surface area (Å²) in [5.41, 5.74) is 5.33. The van der Waals surface area contributed by atoms with E-state index in [1.165, 1.54) is 0 Å². The molecule has 0 saturated heterocycles. The van der Waals surface area contributed by atoms with Crippen LogP contribution in [0, 0.1) is 12.8 Å². The summed E-state index contributed by atoms with van der Waals surface area (Å²) in [6.07, 6.45) is 3.47. The molecular weight excluding hydrogens is 176 g/mol. The third kappa shape index (κ3) is 9.96. The van der Waals surface area contributed by atoms with Gasteiger partial charge in [-0.25, -0.2) is 0 Å². The molecule has 0 aromatic rings. The van der Waals surface area contributed by atoms with Crippen LogP contribution in [0.15, 0.2) is 0 Å². The molecule has 2 radical (unpaired) electrons. The van der Waals surface area contributed by atoms with Gasteiger partial charge in [-0.05, 0) is 45.1 Å². The van der Waals surface area contributed by atoms with E-state index in [4.69, 9.17) is 12.7 Å². The molecule has 4 N–H and O–H groups in total. The lowest BCUT2D eigenvalue weighted by atomic mass is 10.0. The quantitative estimate of drug-likeness (QED) is 0.483. The van der Waals surface area contributed by atoms with Gasteiger partial charge in [-0.1, -0.05) is 6.92 Å². The maximum atomic E-state index is 9.50. The van der Waals surface area contributed by atoms with E-state index < -0.39 is 0 Å². The van der Waals surface area contributed by atoms with Crippen LogP contribution in [0.1, 0.15) is 32.6 Å². The second-order valence-corrected chi connectivity index (χ2v) is 3.90. The molecule has 0 spiro atoms. The summed E-state index contributed by atoms with van der Waals surface area (Å²) in [5, 5.41) is 12.7. The van der Waals surface area contributed by atoms with Crippen LogP contribution in [-0.4, -0.2) is 30.8 Å². The number of unbranched alkanes of at least 4 members (excludes halogenated alkanes) is 1. The lowest BCUT2D eigenvalue weighted by Crippen LogP contribution is -2.23. The van der Waals surface area contributed by atoms with Crippen molar-refractivity contribution in [1.29, 1.82) is 0 Å². The van der Waals surface area contributed by atoms with Crippen LogP contribution in [0.3, 0.4) is 0 Å². The lowest BCUT2D eigenvalue weighted by Gasteiger charge is -2.12. The number of nitrogens with one attached hydrogen (secondary N) is 1. The fourth-order valence-corrected chi connectivity index (χ4v) is 1.40. The van der Waals surface area contributed by atoms with Gasteiger partial charge in [-0.15, -0.1) is 0 Å². The summed E-state index contributed by atoms with van der Waals surface area (Å²) >= 11 is 0. The van der Waals surface area contributed by atoms with E-state index in [1.54, 1.807) is 0 Å². The van der Waals surface area contributed by atoms with Gasteiger partial charge in [0.05, 0.1) is 6.10 Å². The zero-order valence-corrected chi connectivity index (χ0v) is 9.21. The van der Waals surface area contributed by atoms with Gasteiger partial charge in [-0.2, -0.15) is 0 Å². The summed E-state index contributed by atoms with van der Waals surface area (Å²) < 4.78 is 0. The monoisotopic (exact) mass is 200 g/mol. The molecule has 84 valence electrons. The molecule has 0 saturated carbocycles. The van der Waals surface area contributed by atoms with Crippen molar-refractivity contribution in [2.75, 3.05) is 19.6 Å². The molecule has 0 aliphatic rings. The molecule has 0 amide bonds. The summed E-state index contributed by atoms with van der Waals surface area (Å²) in [6, 6.07) is 0. The predicted molar refractivity (Wildman–Crippen MR) is 59.9 cm³/mol. The van der Waals surface area contributed by atoms with E-state index >= 15 is 0 Å². The van der Waals surface area contributed by atoms with Crippen molar-refractivity contribution in [3.63, 3.8) is 0 Å². The van der Waals surface area contributed by atoms with E-state index in [9.17, 15) is 5.11 Å². The summed E-state index contributed by atoms with van der Waals surface area (Å²) in [5.74, 6) is 0.0976. The van der Waals surface area contributed by atoms with Crippen LogP contribution in [0.5, 0.6) is 0 Å². The summed E-state index contributed by atoms with van der Waals surface area (Å²) in [6.45, 7) is 10.1. The Kier molecular flexibility index (Phi) is 9.35. The largest absolute Gasteiger partial charge is 0.393 e. The van der Waals surface area contributed by atoms with E-state index in [-0.39, 0.29) is 12.0 Å². The molecule has 0 bridgehead atoms. The highest BCUT2D eigenvalue weighted by Gasteiger charge is 2.05. The standard InChI is InChI=1S/C11H24N2O/c1-10(2)9-11(14)5-3-4-7-13-8-6-12/h1,10-11,13-14H,3-9,12H2,2H3. The number of hydrogen-bond acceptors (Lipinski definition) is 3. The van der Waals surface area contributed by atoms with Crippen molar-refractivity contribution < 1.29 is 5.11 Å². The van der Waals surface area contributed by atoms with Crippen LogP contribution in [0.25, 0.3) is 0 Å². The Labute approximate surface area is 88.1 Å². The number of hydrogen-bond donors (Lipinski definition) is 3. The molecular formula is C11H24N2O. The van der Waals surface area contributed by atoms with Gasteiger partial charge in [0.2, 0.25) is 0 Å². The van der Waals surface area contributed by atoms with Crippen LogP contribution >= 0.6 is 0 Å². The normalized spacial score (nSPS) is 13.5. The summed E-state index contributed by atoms with van der Waals surface area (Å²) in [7, 11) is 0. The van der Waals surface area contributed by atoms with Gasteiger partial charge < -0.3 is 16.2 Å². The minimum Gasteiger partial charge on any atom is -0.393 e. The first kappa shape index (κ1) is 13.9. The second-order valence-electron chi connectivity index (χ2n) is 3.90. The Bertz CT molecular complexity index is 118. The number of aliphatic hydroxyl groups excluding tert-OH is 1. The third-order valence-electron chi connectivity index (χ3n) is 2.11. The Morgan fingerprint density at radius 1 is 1.36 bits per heavy atom. The fraction of sp³-hybridized carbons (Fsp3) is 0.909. The number of nitrogens with two attached hydrogens (primary N) is 1. The molecule has 0 heterocycles. The Morgan fingerprint density at radius 2 is 2.07 bits per heavy atom. The Hall–Kier alpha value is -0.120. The van der Waals surface area contributed by atoms with Crippen molar-refractivity contribution in [1.82, 2.24) is 5.32 Å². The maximum Gasteiger partial charge on any atom is 0.0542 e. The molecule has 0 aliphatic heterocycles. The zero-order chi connectivity index (χ0) is 10.8. The van der Waals surface area contributed by atoms with Crippen molar-refractivity contribution in [2.24, 2.45) is 11.7 Å². The second kappa shape index (κ2) is 9.44. The highest BCUT2D eigenvalue weighted by molar-refractivity contribution is 4.63. The average Bonchev–Trinajstić information content (AvgIpc) is 2.10. The number of aliphatic hydroxyl groups is 1. The smallest absolute Gasteiger partial charge is 0.0542 e. The molecule has 0 fully saturated rings. The minimum absolute atomic E-state index is 0.0976. The molecule has 2 atom stereocenters. The highest BCUT2D eigenvalue weighted by atomic mass is 16.3. The van der Waals surface area contributed by atoms with Gasteiger partial charge in [-0.3, -0.25) is 0 Å². The van der Waals surface area contributed by atoms with Gasteiger partial charge in [0.25, 0.3) is 0 Å². The molecule has 14 heavy (non-hydrogen) atoms. The Morgan fingerprint density at radius 3 is 2.64 bits per heavy atom. The summed E-state index contributed by atoms with van der Waals surface area (Å²) in [4.78, 5) is 0. The number of rotatable bonds is 9.